The summed E-state index contributed by atoms with van der Waals surface area (Å²) in [4.78, 5) is 0. The molecule has 0 bridgehead atoms. The molecule has 0 aliphatic heterocycles. The van der Waals surface area contributed by atoms with Crippen LogP contribution in [0, 0.1) is 0 Å². The van der Waals surface area contributed by atoms with E-state index in [1.54, 1.807) is 7.11 Å². The van der Waals surface area contributed by atoms with Crippen LogP contribution in [0.3, 0.4) is 0 Å². The van der Waals surface area contributed by atoms with E-state index in [-0.39, 0.29) is 0 Å². The molecule has 0 radical (unpaired) electrons. The number of rotatable bonds is 10. The standard InChI is InChI=1S/C36H33NO3/c1-38-34-21-20-32-33(36(34)40-26-27-10-4-2-5-11-27)19-18-31(28-12-6-3-7-13-28)35(32)29-14-16-30(17-15-29)39-25-24-37-22-8-9-23-37/h2-17,20-23H,18-19,24-26H2,1H3. The molecule has 4 aromatic carbocycles. The van der Waals surface area contributed by atoms with Crippen LogP contribution in [-0.4, -0.2) is 18.3 Å². The van der Waals surface area contributed by atoms with E-state index >= 15 is 0 Å². The molecule has 6 rings (SSSR count). The lowest BCUT2D eigenvalue weighted by molar-refractivity contribution is 0.281. The third kappa shape index (κ3) is 5.52. The minimum Gasteiger partial charge on any atom is -0.493 e. The molecule has 1 heterocycles. The number of aromatic nitrogens is 1. The Morgan fingerprint density at radius 1 is 0.675 bits per heavy atom. The smallest absolute Gasteiger partial charge is 0.165 e. The Balaban J connectivity index is 1.35. The van der Waals surface area contributed by atoms with Crippen LogP contribution >= 0.6 is 0 Å². The molecule has 1 aromatic heterocycles. The van der Waals surface area contributed by atoms with Crippen LogP contribution < -0.4 is 14.2 Å². The Labute approximate surface area is 236 Å². The van der Waals surface area contributed by atoms with E-state index in [0.29, 0.717) is 13.2 Å². The fourth-order valence-corrected chi connectivity index (χ4v) is 5.44. The van der Waals surface area contributed by atoms with Crippen LogP contribution in [0.5, 0.6) is 17.2 Å². The molecule has 0 spiro atoms. The van der Waals surface area contributed by atoms with E-state index in [4.69, 9.17) is 14.2 Å². The first-order valence-electron chi connectivity index (χ1n) is 13.8. The third-order valence-electron chi connectivity index (χ3n) is 7.42. The monoisotopic (exact) mass is 527 g/mol. The van der Waals surface area contributed by atoms with Crippen molar-refractivity contribution < 1.29 is 14.2 Å². The van der Waals surface area contributed by atoms with Crippen LogP contribution in [0.2, 0.25) is 0 Å². The molecule has 0 atom stereocenters. The topological polar surface area (TPSA) is 32.6 Å². The summed E-state index contributed by atoms with van der Waals surface area (Å²) in [7, 11) is 1.71. The van der Waals surface area contributed by atoms with Gasteiger partial charge in [0.15, 0.2) is 11.5 Å². The number of ether oxygens (including phenoxy) is 3. The molecule has 0 amide bonds. The molecule has 0 fully saturated rings. The zero-order valence-electron chi connectivity index (χ0n) is 22.8. The first kappa shape index (κ1) is 25.6. The van der Waals surface area contributed by atoms with Crippen molar-refractivity contribution in [3.63, 3.8) is 0 Å². The molecule has 1 aliphatic rings. The summed E-state index contributed by atoms with van der Waals surface area (Å²) in [5.74, 6) is 2.47. The van der Waals surface area contributed by atoms with Crippen molar-refractivity contribution in [2.45, 2.75) is 26.0 Å². The van der Waals surface area contributed by atoms with Gasteiger partial charge in [-0.25, -0.2) is 0 Å². The maximum absolute atomic E-state index is 6.46. The minimum absolute atomic E-state index is 0.493. The van der Waals surface area contributed by atoms with Crippen molar-refractivity contribution in [1.82, 2.24) is 4.57 Å². The molecule has 0 N–H and O–H groups in total. The van der Waals surface area contributed by atoms with Crippen molar-refractivity contribution >= 4 is 11.1 Å². The molecule has 0 saturated heterocycles. The molecule has 4 heteroatoms. The molecular formula is C36H33NO3. The Bertz CT molecular complexity index is 1570. The van der Waals surface area contributed by atoms with E-state index in [1.165, 1.54) is 27.8 Å². The lowest BCUT2D eigenvalue weighted by atomic mass is 9.79. The predicted molar refractivity (Wildman–Crippen MR) is 161 cm³/mol. The highest BCUT2D eigenvalue weighted by molar-refractivity contribution is 6.01. The molecule has 40 heavy (non-hydrogen) atoms. The maximum atomic E-state index is 6.46. The van der Waals surface area contributed by atoms with E-state index < -0.39 is 0 Å². The Morgan fingerprint density at radius 2 is 1.40 bits per heavy atom. The third-order valence-corrected chi connectivity index (χ3v) is 7.42. The number of nitrogens with zero attached hydrogens (tertiary/aromatic N) is 1. The highest BCUT2D eigenvalue weighted by Gasteiger charge is 2.26. The van der Waals surface area contributed by atoms with Crippen molar-refractivity contribution in [2.75, 3.05) is 13.7 Å². The normalized spacial score (nSPS) is 12.6. The largest absolute Gasteiger partial charge is 0.493 e. The van der Waals surface area contributed by atoms with Crippen molar-refractivity contribution in [3.05, 3.63) is 149 Å². The van der Waals surface area contributed by atoms with Crippen molar-refractivity contribution in [3.8, 4) is 17.2 Å². The van der Waals surface area contributed by atoms with Gasteiger partial charge in [-0.3, -0.25) is 0 Å². The minimum atomic E-state index is 0.493. The second-order valence-corrected chi connectivity index (χ2v) is 9.91. The summed E-state index contributed by atoms with van der Waals surface area (Å²) >= 11 is 0. The van der Waals surface area contributed by atoms with Gasteiger partial charge in [0, 0.05) is 18.0 Å². The lowest BCUT2D eigenvalue weighted by Crippen LogP contribution is -2.10. The highest BCUT2D eigenvalue weighted by atomic mass is 16.5. The molecule has 200 valence electrons. The zero-order valence-corrected chi connectivity index (χ0v) is 22.8. The highest BCUT2D eigenvalue weighted by Crippen LogP contribution is 2.46. The van der Waals surface area contributed by atoms with Crippen LogP contribution in [0.1, 0.15) is 34.2 Å². The second kappa shape index (κ2) is 12.0. The van der Waals surface area contributed by atoms with Gasteiger partial charge in [-0.15, -0.1) is 0 Å². The van der Waals surface area contributed by atoms with E-state index in [1.807, 2.05) is 36.4 Å². The van der Waals surface area contributed by atoms with Gasteiger partial charge in [0.05, 0.1) is 13.7 Å². The van der Waals surface area contributed by atoms with Gasteiger partial charge >= 0.3 is 0 Å². The quantitative estimate of drug-likeness (QED) is 0.184. The lowest BCUT2D eigenvalue weighted by Gasteiger charge is -2.27. The molecule has 4 nitrogen and oxygen atoms in total. The zero-order chi connectivity index (χ0) is 27.1. The van der Waals surface area contributed by atoms with E-state index in [9.17, 15) is 0 Å². The van der Waals surface area contributed by atoms with Crippen molar-refractivity contribution in [1.29, 1.82) is 0 Å². The maximum Gasteiger partial charge on any atom is 0.165 e. The molecule has 1 aliphatic carbocycles. The Hall–Kier alpha value is -4.70. The molecule has 5 aromatic rings. The van der Waals surface area contributed by atoms with Crippen LogP contribution in [0.15, 0.2) is 122 Å². The summed E-state index contributed by atoms with van der Waals surface area (Å²) in [5, 5.41) is 0. The number of hydrogen-bond acceptors (Lipinski definition) is 3. The first-order valence-corrected chi connectivity index (χ1v) is 13.8. The van der Waals surface area contributed by atoms with Gasteiger partial charge in [0.25, 0.3) is 0 Å². The predicted octanol–water partition coefficient (Wildman–Crippen LogP) is 8.06. The summed E-state index contributed by atoms with van der Waals surface area (Å²) in [6.07, 6.45) is 5.90. The number of hydrogen-bond donors (Lipinski definition) is 0. The van der Waals surface area contributed by atoms with Gasteiger partial charge < -0.3 is 18.8 Å². The summed E-state index contributed by atoms with van der Waals surface area (Å²) in [5.41, 5.74) is 8.50. The summed E-state index contributed by atoms with van der Waals surface area (Å²) < 4.78 is 20.4. The Morgan fingerprint density at radius 3 is 2.12 bits per heavy atom. The van der Waals surface area contributed by atoms with Gasteiger partial charge in [-0.1, -0.05) is 78.9 Å². The summed E-state index contributed by atoms with van der Waals surface area (Å²) in [6.45, 7) is 1.93. The van der Waals surface area contributed by atoms with E-state index in [0.717, 1.165) is 47.8 Å². The Kier molecular flexibility index (Phi) is 7.67. The molecule has 0 saturated carbocycles. The fraction of sp³-hybridized carbons (Fsp3) is 0.167. The number of benzene rings is 4. The average Bonchev–Trinajstić information content (AvgIpc) is 3.54. The van der Waals surface area contributed by atoms with Crippen molar-refractivity contribution in [2.24, 2.45) is 0 Å². The van der Waals surface area contributed by atoms with Gasteiger partial charge in [-0.05, 0) is 76.6 Å². The number of methoxy groups -OCH3 is 1. The van der Waals surface area contributed by atoms with Gasteiger partial charge in [0.1, 0.15) is 19.0 Å². The molecular weight excluding hydrogens is 494 g/mol. The van der Waals surface area contributed by atoms with Gasteiger partial charge in [0.2, 0.25) is 0 Å². The van der Waals surface area contributed by atoms with Crippen LogP contribution in [-0.2, 0) is 19.6 Å². The molecule has 0 unspecified atom stereocenters. The SMILES string of the molecule is COc1ccc2c(c1OCc1ccccc1)CCC(c1ccccc1)=C2c1ccc(OCCn2cccc2)cc1. The second-order valence-electron chi connectivity index (χ2n) is 9.91. The van der Waals surface area contributed by atoms with Crippen LogP contribution in [0.25, 0.3) is 11.1 Å². The summed E-state index contributed by atoms with van der Waals surface area (Å²) in [6, 6.07) is 37.7. The number of fused-ring (bicyclic) bond motifs is 1. The van der Waals surface area contributed by atoms with E-state index in [2.05, 4.69) is 89.8 Å². The first-order chi connectivity index (χ1) is 19.8. The van der Waals surface area contributed by atoms with Gasteiger partial charge in [-0.2, -0.15) is 0 Å². The number of allylic oxidation sites excluding steroid dienone is 1. The van der Waals surface area contributed by atoms with Crippen LogP contribution in [0.4, 0.5) is 0 Å². The average molecular weight is 528 g/mol. The fourth-order valence-electron chi connectivity index (χ4n) is 5.44.